The van der Waals surface area contributed by atoms with Crippen molar-refractivity contribution in [3.8, 4) is 0 Å². The van der Waals surface area contributed by atoms with Crippen molar-refractivity contribution in [2.45, 2.75) is 45.7 Å². The van der Waals surface area contributed by atoms with E-state index in [1.807, 2.05) is 6.07 Å². The minimum absolute atomic E-state index is 0.202. The molecule has 1 unspecified atom stereocenters. The lowest BCUT2D eigenvalue weighted by Gasteiger charge is -2.37. The predicted octanol–water partition coefficient (Wildman–Crippen LogP) is 3.44. The Morgan fingerprint density at radius 1 is 1.38 bits per heavy atom. The molecule has 0 aliphatic carbocycles. The first-order valence-corrected chi connectivity index (χ1v) is 8.36. The molecule has 0 spiro atoms. The van der Waals surface area contributed by atoms with Crippen molar-refractivity contribution in [1.82, 2.24) is 5.32 Å². The number of nitrogens with one attached hydrogen (secondary N) is 1. The van der Waals surface area contributed by atoms with Crippen LogP contribution in [0.2, 0.25) is 5.02 Å². The summed E-state index contributed by atoms with van der Waals surface area (Å²) in [4.78, 5) is 2.26. The minimum Gasteiger partial charge on any atom is -0.394 e. The maximum absolute atomic E-state index is 9.54. The maximum atomic E-state index is 9.54. The summed E-state index contributed by atoms with van der Waals surface area (Å²) < 4.78 is 0. The summed E-state index contributed by atoms with van der Waals surface area (Å²) in [6, 6.07) is 6.49. The highest BCUT2D eigenvalue weighted by Gasteiger charge is 2.23. The Bertz CT molecular complexity index is 450. The molecule has 4 heteroatoms. The zero-order valence-electron chi connectivity index (χ0n) is 13.1. The van der Waals surface area contributed by atoms with E-state index in [2.05, 4.69) is 36.2 Å². The van der Waals surface area contributed by atoms with Gasteiger partial charge in [0.05, 0.1) is 23.4 Å². The normalized spacial score (nSPS) is 19.3. The highest BCUT2D eigenvalue weighted by atomic mass is 35.5. The molecule has 2 N–H and O–H groups in total. The highest BCUT2D eigenvalue weighted by Crippen LogP contribution is 2.31. The lowest BCUT2D eigenvalue weighted by atomic mass is 10.0. The molecule has 0 aromatic heterocycles. The van der Waals surface area contributed by atoms with Crippen LogP contribution in [0.5, 0.6) is 0 Å². The van der Waals surface area contributed by atoms with Crippen molar-refractivity contribution in [1.29, 1.82) is 0 Å². The van der Waals surface area contributed by atoms with Gasteiger partial charge in [0.15, 0.2) is 0 Å². The number of anilines is 1. The van der Waals surface area contributed by atoms with Crippen LogP contribution in [0.4, 0.5) is 5.69 Å². The fourth-order valence-electron chi connectivity index (χ4n) is 2.91. The first-order chi connectivity index (χ1) is 10.1. The SMILES string of the molecule is CC(C)CNCc1ccc(N2CCCCC2CO)c(Cl)c1. The van der Waals surface area contributed by atoms with Crippen LogP contribution in [0.25, 0.3) is 0 Å². The van der Waals surface area contributed by atoms with E-state index in [4.69, 9.17) is 11.6 Å². The number of hydrogen-bond acceptors (Lipinski definition) is 3. The number of halogens is 1. The Kier molecular flexibility index (Phi) is 6.34. The second kappa shape index (κ2) is 8.02. The Morgan fingerprint density at radius 2 is 2.19 bits per heavy atom. The van der Waals surface area contributed by atoms with Gasteiger partial charge in [-0.15, -0.1) is 0 Å². The van der Waals surface area contributed by atoms with Crippen molar-refractivity contribution in [3.63, 3.8) is 0 Å². The van der Waals surface area contributed by atoms with E-state index in [9.17, 15) is 5.11 Å². The quantitative estimate of drug-likeness (QED) is 0.845. The fourth-order valence-corrected chi connectivity index (χ4v) is 3.22. The molecule has 0 radical (unpaired) electrons. The van der Waals surface area contributed by atoms with Crippen LogP contribution < -0.4 is 10.2 Å². The van der Waals surface area contributed by atoms with E-state index in [-0.39, 0.29) is 12.6 Å². The molecule has 1 aliphatic rings. The van der Waals surface area contributed by atoms with Gasteiger partial charge in [0.1, 0.15) is 0 Å². The van der Waals surface area contributed by atoms with Gasteiger partial charge in [-0.25, -0.2) is 0 Å². The third kappa shape index (κ3) is 4.60. The second-order valence-electron chi connectivity index (χ2n) is 6.34. The molecule has 1 heterocycles. The fraction of sp³-hybridized carbons (Fsp3) is 0.647. The van der Waals surface area contributed by atoms with E-state index in [1.54, 1.807) is 0 Å². The monoisotopic (exact) mass is 310 g/mol. The predicted molar refractivity (Wildman–Crippen MR) is 90.1 cm³/mol. The first-order valence-electron chi connectivity index (χ1n) is 7.98. The molecular weight excluding hydrogens is 284 g/mol. The summed E-state index contributed by atoms with van der Waals surface area (Å²) in [7, 11) is 0. The molecule has 21 heavy (non-hydrogen) atoms. The molecule has 1 saturated heterocycles. The number of rotatable bonds is 6. The van der Waals surface area contributed by atoms with Crippen molar-refractivity contribution < 1.29 is 5.11 Å². The third-order valence-electron chi connectivity index (χ3n) is 4.04. The zero-order chi connectivity index (χ0) is 15.2. The van der Waals surface area contributed by atoms with Crippen molar-refractivity contribution in [3.05, 3.63) is 28.8 Å². The van der Waals surface area contributed by atoms with E-state index >= 15 is 0 Å². The third-order valence-corrected chi connectivity index (χ3v) is 4.34. The maximum Gasteiger partial charge on any atom is 0.0642 e. The number of benzene rings is 1. The smallest absolute Gasteiger partial charge is 0.0642 e. The van der Waals surface area contributed by atoms with Crippen LogP contribution in [-0.4, -0.2) is 30.8 Å². The molecule has 1 fully saturated rings. The van der Waals surface area contributed by atoms with Crippen LogP contribution >= 0.6 is 11.6 Å². The lowest BCUT2D eigenvalue weighted by Crippen LogP contribution is -2.42. The van der Waals surface area contributed by atoms with Gasteiger partial charge >= 0.3 is 0 Å². The molecular formula is C17H27ClN2O. The van der Waals surface area contributed by atoms with Gasteiger partial charge in [0.2, 0.25) is 0 Å². The second-order valence-corrected chi connectivity index (χ2v) is 6.74. The molecule has 0 amide bonds. The van der Waals surface area contributed by atoms with Gasteiger partial charge in [-0.3, -0.25) is 0 Å². The van der Waals surface area contributed by atoms with Gasteiger partial charge in [0, 0.05) is 13.1 Å². The van der Waals surface area contributed by atoms with Crippen molar-refractivity contribution in [2.24, 2.45) is 5.92 Å². The van der Waals surface area contributed by atoms with Crippen molar-refractivity contribution >= 4 is 17.3 Å². The van der Waals surface area contributed by atoms with Crippen molar-refractivity contribution in [2.75, 3.05) is 24.6 Å². The molecule has 1 atom stereocenters. The van der Waals surface area contributed by atoms with Crippen LogP contribution in [0, 0.1) is 5.92 Å². The summed E-state index contributed by atoms with van der Waals surface area (Å²) >= 11 is 6.48. The highest BCUT2D eigenvalue weighted by molar-refractivity contribution is 6.33. The van der Waals surface area contributed by atoms with Crippen LogP contribution in [-0.2, 0) is 6.54 Å². The zero-order valence-corrected chi connectivity index (χ0v) is 13.9. The number of aliphatic hydroxyl groups excluding tert-OH is 1. The Morgan fingerprint density at radius 3 is 2.86 bits per heavy atom. The lowest BCUT2D eigenvalue weighted by molar-refractivity contribution is 0.240. The molecule has 1 aromatic carbocycles. The van der Waals surface area contributed by atoms with E-state index in [0.29, 0.717) is 5.92 Å². The molecule has 3 nitrogen and oxygen atoms in total. The molecule has 0 saturated carbocycles. The van der Waals surface area contributed by atoms with E-state index in [0.717, 1.165) is 36.8 Å². The number of piperidine rings is 1. The molecule has 1 aromatic rings. The van der Waals surface area contributed by atoms with Crippen LogP contribution in [0.3, 0.4) is 0 Å². The number of hydrogen-bond donors (Lipinski definition) is 2. The van der Waals surface area contributed by atoms with Gasteiger partial charge in [-0.05, 0) is 49.4 Å². The summed E-state index contributed by atoms with van der Waals surface area (Å²) in [5, 5.41) is 13.8. The molecule has 118 valence electrons. The molecule has 0 bridgehead atoms. The Balaban J connectivity index is 2.04. The van der Waals surface area contributed by atoms with Gasteiger partial charge < -0.3 is 15.3 Å². The standard InChI is InChI=1S/C17H27ClN2O/c1-13(2)10-19-11-14-6-7-17(16(18)9-14)20-8-4-3-5-15(20)12-21/h6-7,9,13,15,19,21H,3-5,8,10-12H2,1-2H3. The number of aliphatic hydroxyl groups is 1. The first kappa shape index (κ1) is 16.6. The van der Waals surface area contributed by atoms with Gasteiger partial charge in [-0.1, -0.05) is 31.5 Å². The summed E-state index contributed by atoms with van der Waals surface area (Å²) in [6.07, 6.45) is 3.41. The van der Waals surface area contributed by atoms with Crippen LogP contribution in [0.1, 0.15) is 38.7 Å². The summed E-state index contributed by atoms with van der Waals surface area (Å²) in [5.74, 6) is 0.651. The average molecular weight is 311 g/mol. The molecule has 2 rings (SSSR count). The summed E-state index contributed by atoms with van der Waals surface area (Å²) in [5.41, 5.74) is 2.27. The summed E-state index contributed by atoms with van der Waals surface area (Å²) in [6.45, 7) is 7.45. The van der Waals surface area contributed by atoms with Gasteiger partial charge in [0.25, 0.3) is 0 Å². The van der Waals surface area contributed by atoms with E-state index < -0.39 is 0 Å². The molecule has 1 aliphatic heterocycles. The average Bonchev–Trinajstić information content (AvgIpc) is 2.47. The van der Waals surface area contributed by atoms with Crippen LogP contribution in [0.15, 0.2) is 18.2 Å². The van der Waals surface area contributed by atoms with Gasteiger partial charge in [-0.2, -0.15) is 0 Å². The largest absolute Gasteiger partial charge is 0.394 e. The minimum atomic E-state index is 0.202. The Labute approximate surface area is 133 Å². The van der Waals surface area contributed by atoms with E-state index in [1.165, 1.54) is 18.4 Å². The topological polar surface area (TPSA) is 35.5 Å². The number of nitrogens with zero attached hydrogens (tertiary/aromatic N) is 1. The Hall–Kier alpha value is -0.770.